The van der Waals surface area contributed by atoms with Gasteiger partial charge in [0.15, 0.2) is 0 Å². The molecular formula is C17H11BrClNOS2. The van der Waals surface area contributed by atoms with Gasteiger partial charge >= 0.3 is 0 Å². The van der Waals surface area contributed by atoms with E-state index in [-0.39, 0.29) is 5.12 Å². The second-order valence-electron chi connectivity index (χ2n) is 4.77. The average molecular weight is 425 g/mol. The van der Waals surface area contributed by atoms with E-state index in [1.807, 2.05) is 54.6 Å². The summed E-state index contributed by atoms with van der Waals surface area (Å²) in [6, 6.07) is 15.5. The van der Waals surface area contributed by atoms with Crippen LogP contribution < -0.4 is 0 Å². The molecule has 0 spiro atoms. The molecule has 0 unspecified atom stereocenters. The third kappa shape index (κ3) is 4.73. The van der Waals surface area contributed by atoms with Crippen LogP contribution in [-0.4, -0.2) is 9.49 Å². The molecule has 0 aliphatic carbocycles. The maximum absolute atomic E-state index is 12.1. The maximum Gasteiger partial charge on any atom is 0.244 e. The number of aliphatic imine (C=N–C) groups is 1. The summed E-state index contributed by atoms with van der Waals surface area (Å²) in [6.07, 6.45) is 1.82. The summed E-state index contributed by atoms with van der Waals surface area (Å²) < 4.78 is 1.76. The van der Waals surface area contributed by atoms with E-state index in [1.165, 1.54) is 11.8 Å². The van der Waals surface area contributed by atoms with E-state index in [0.717, 1.165) is 30.8 Å². The Bertz CT molecular complexity index is 802. The third-order valence-electron chi connectivity index (χ3n) is 3.03. The van der Waals surface area contributed by atoms with Crippen LogP contribution in [0.5, 0.6) is 0 Å². The molecule has 23 heavy (non-hydrogen) atoms. The topological polar surface area (TPSA) is 29.4 Å². The van der Waals surface area contributed by atoms with E-state index in [9.17, 15) is 4.79 Å². The molecule has 0 N–H and O–H groups in total. The molecule has 0 radical (unpaired) electrons. The highest BCUT2D eigenvalue weighted by molar-refractivity contribution is 9.10. The highest BCUT2D eigenvalue weighted by Crippen LogP contribution is 2.32. The minimum Gasteiger partial charge on any atom is -0.279 e. The zero-order valence-corrected chi connectivity index (χ0v) is 15.8. The van der Waals surface area contributed by atoms with Gasteiger partial charge in [0.05, 0.1) is 0 Å². The molecule has 0 aromatic heterocycles. The van der Waals surface area contributed by atoms with Gasteiger partial charge in [-0.1, -0.05) is 63.6 Å². The van der Waals surface area contributed by atoms with Gasteiger partial charge in [-0.15, -0.1) is 0 Å². The highest BCUT2D eigenvalue weighted by atomic mass is 79.9. The molecule has 0 saturated heterocycles. The first-order valence-electron chi connectivity index (χ1n) is 6.75. The van der Waals surface area contributed by atoms with Gasteiger partial charge in [-0.2, -0.15) is 0 Å². The first-order valence-corrected chi connectivity index (χ1v) is 9.73. The molecule has 6 heteroatoms. The molecule has 116 valence electrons. The lowest BCUT2D eigenvalue weighted by Crippen LogP contribution is -1.88. The quantitative estimate of drug-likeness (QED) is 0.565. The van der Waals surface area contributed by atoms with Gasteiger partial charge < -0.3 is 0 Å². The number of thioether (sulfide) groups is 2. The van der Waals surface area contributed by atoms with Crippen molar-refractivity contribution in [2.75, 3.05) is 0 Å². The monoisotopic (exact) mass is 423 g/mol. The smallest absolute Gasteiger partial charge is 0.244 e. The Kier molecular flexibility index (Phi) is 5.64. The zero-order chi connectivity index (χ0) is 16.2. The first kappa shape index (κ1) is 16.8. The predicted molar refractivity (Wildman–Crippen MR) is 105 cm³/mol. The van der Waals surface area contributed by atoms with E-state index in [2.05, 4.69) is 20.9 Å². The molecule has 0 atom stereocenters. The van der Waals surface area contributed by atoms with E-state index >= 15 is 0 Å². The SMILES string of the molecule is O=C1SC(SCc2ccc(Cl)cc2)=N/C1=C\c1cccc(Br)c1. The van der Waals surface area contributed by atoms with Crippen molar-refractivity contribution in [1.82, 2.24) is 0 Å². The fraction of sp³-hybridized carbons (Fsp3) is 0.0588. The highest BCUT2D eigenvalue weighted by Gasteiger charge is 2.22. The number of rotatable bonds is 3. The molecule has 1 aliphatic heterocycles. The van der Waals surface area contributed by atoms with Crippen LogP contribution in [-0.2, 0) is 10.5 Å². The number of benzene rings is 2. The van der Waals surface area contributed by atoms with Crippen molar-refractivity contribution < 1.29 is 4.79 Å². The van der Waals surface area contributed by atoms with Crippen LogP contribution in [0.25, 0.3) is 6.08 Å². The van der Waals surface area contributed by atoms with Crippen LogP contribution in [0.3, 0.4) is 0 Å². The number of carbonyl (C=O) groups is 1. The lowest BCUT2D eigenvalue weighted by Gasteiger charge is -1.99. The normalized spacial score (nSPS) is 16.0. The minimum absolute atomic E-state index is 0.0106. The number of hydrogen-bond donors (Lipinski definition) is 0. The van der Waals surface area contributed by atoms with Gasteiger partial charge in [0.2, 0.25) is 5.12 Å². The molecule has 3 rings (SSSR count). The van der Waals surface area contributed by atoms with E-state index < -0.39 is 0 Å². The Morgan fingerprint density at radius 3 is 2.74 bits per heavy atom. The van der Waals surface area contributed by atoms with Crippen molar-refractivity contribution in [2.45, 2.75) is 5.75 Å². The number of halogens is 2. The lowest BCUT2D eigenvalue weighted by atomic mass is 10.2. The van der Waals surface area contributed by atoms with Crippen LogP contribution in [0.15, 0.2) is 63.7 Å². The summed E-state index contributed by atoms with van der Waals surface area (Å²) in [4.78, 5) is 16.5. The van der Waals surface area contributed by atoms with E-state index in [4.69, 9.17) is 11.6 Å². The molecule has 0 fully saturated rings. The van der Waals surface area contributed by atoms with Crippen LogP contribution in [0.1, 0.15) is 11.1 Å². The van der Waals surface area contributed by atoms with Crippen molar-refractivity contribution >= 4 is 66.6 Å². The molecule has 2 nitrogen and oxygen atoms in total. The summed E-state index contributed by atoms with van der Waals surface area (Å²) >= 11 is 12.1. The number of nitrogens with zero attached hydrogens (tertiary/aromatic N) is 1. The van der Waals surface area contributed by atoms with E-state index in [1.54, 1.807) is 11.8 Å². The summed E-state index contributed by atoms with van der Waals surface area (Å²) in [5.41, 5.74) is 2.60. The summed E-state index contributed by atoms with van der Waals surface area (Å²) in [6.45, 7) is 0. The van der Waals surface area contributed by atoms with Crippen LogP contribution in [0.2, 0.25) is 5.02 Å². The van der Waals surface area contributed by atoms with Crippen LogP contribution >= 0.6 is 51.1 Å². The number of carbonyl (C=O) groups excluding carboxylic acids is 1. The Labute approximate surface area is 156 Å². The second-order valence-corrected chi connectivity index (χ2v) is 8.30. The Morgan fingerprint density at radius 2 is 2.00 bits per heavy atom. The largest absolute Gasteiger partial charge is 0.279 e. The van der Waals surface area contributed by atoms with Gasteiger partial charge in [-0.05, 0) is 53.2 Å². The summed E-state index contributed by atoms with van der Waals surface area (Å²) in [5, 5.41) is 0.712. The van der Waals surface area contributed by atoms with Gasteiger partial charge in [0.1, 0.15) is 10.1 Å². The van der Waals surface area contributed by atoms with Crippen molar-refractivity contribution in [3.8, 4) is 0 Å². The fourth-order valence-corrected chi connectivity index (χ4v) is 4.27. The average Bonchev–Trinajstić information content (AvgIpc) is 2.87. The lowest BCUT2D eigenvalue weighted by molar-refractivity contribution is -0.107. The zero-order valence-electron chi connectivity index (χ0n) is 11.8. The molecular weight excluding hydrogens is 414 g/mol. The minimum atomic E-state index is -0.0106. The molecule has 1 heterocycles. The Morgan fingerprint density at radius 1 is 1.22 bits per heavy atom. The molecule has 2 aromatic carbocycles. The van der Waals surface area contributed by atoms with Crippen molar-refractivity contribution in [1.29, 1.82) is 0 Å². The number of hydrogen-bond acceptors (Lipinski definition) is 4. The third-order valence-corrected chi connectivity index (χ3v) is 5.85. The molecule has 2 aromatic rings. The second kappa shape index (κ2) is 7.71. The summed E-state index contributed by atoms with van der Waals surface area (Å²) in [5.74, 6) is 0.764. The standard InChI is InChI=1S/C17H11BrClNOS2/c18-13-3-1-2-12(8-13)9-15-16(21)23-17(20-15)22-10-11-4-6-14(19)7-5-11/h1-9H,10H2/b15-9-. The Hall–Kier alpha value is -1.01. The molecule has 0 bridgehead atoms. The van der Waals surface area contributed by atoms with Crippen molar-refractivity contribution in [3.63, 3.8) is 0 Å². The van der Waals surface area contributed by atoms with Gasteiger partial charge in [-0.3, -0.25) is 4.79 Å². The fourth-order valence-electron chi connectivity index (χ4n) is 1.93. The van der Waals surface area contributed by atoms with Gasteiger partial charge in [0, 0.05) is 15.2 Å². The summed E-state index contributed by atoms with van der Waals surface area (Å²) in [7, 11) is 0. The Balaban J connectivity index is 1.70. The van der Waals surface area contributed by atoms with Crippen LogP contribution in [0.4, 0.5) is 0 Å². The van der Waals surface area contributed by atoms with Crippen LogP contribution in [0, 0.1) is 0 Å². The molecule has 0 saturated carbocycles. The maximum atomic E-state index is 12.1. The van der Waals surface area contributed by atoms with Crippen molar-refractivity contribution in [3.05, 3.63) is 74.9 Å². The van der Waals surface area contributed by atoms with Crippen molar-refractivity contribution in [2.24, 2.45) is 4.99 Å². The first-order chi connectivity index (χ1) is 11.1. The molecule has 0 amide bonds. The van der Waals surface area contributed by atoms with Gasteiger partial charge in [-0.25, -0.2) is 4.99 Å². The van der Waals surface area contributed by atoms with E-state index in [0.29, 0.717) is 5.70 Å². The van der Waals surface area contributed by atoms with Gasteiger partial charge in [0.25, 0.3) is 0 Å². The predicted octanol–water partition coefficient (Wildman–Crippen LogP) is 6.01. The molecule has 1 aliphatic rings.